The molecule has 0 aliphatic rings. The highest BCUT2D eigenvalue weighted by atomic mass is 32.2. The third-order valence-electron chi connectivity index (χ3n) is 3.37. The predicted octanol–water partition coefficient (Wildman–Crippen LogP) is 4.83. The fourth-order valence-corrected chi connectivity index (χ4v) is 3.00. The molecule has 0 aliphatic carbocycles. The lowest BCUT2D eigenvalue weighted by Gasteiger charge is -2.09. The first-order valence-corrected chi connectivity index (χ1v) is 9.51. The van der Waals surface area contributed by atoms with Crippen LogP contribution in [0.5, 0.6) is 0 Å². The van der Waals surface area contributed by atoms with Gasteiger partial charge in [-0.15, -0.1) is 0 Å². The van der Waals surface area contributed by atoms with Crippen molar-refractivity contribution in [3.63, 3.8) is 0 Å². The Hall–Kier alpha value is -1.14. The molecular weight excluding hydrogens is 331 g/mol. The number of thiocarbonyl (C=S) groups is 1. The van der Waals surface area contributed by atoms with E-state index < -0.39 is 0 Å². The third-order valence-corrected chi connectivity index (χ3v) is 4.68. The molecule has 0 unspecified atom stereocenters. The number of benzene rings is 1. The van der Waals surface area contributed by atoms with Crippen LogP contribution < -0.4 is 10.9 Å². The number of hydrogen-bond donors (Lipinski definition) is 2. The number of thioether (sulfide) groups is 1. The highest BCUT2D eigenvalue weighted by molar-refractivity contribution is 8.22. The van der Waals surface area contributed by atoms with Crippen molar-refractivity contribution in [1.29, 1.82) is 0 Å². The van der Waals surface area contributed by atoms with Crippen molar-refractivity contribution in [2.75, 3.05) is 5.75 Å². The van der Waals surface area contributed by atoms with Gasteiger partial charge in [0.25, 0.3) is 5.91 Å². The monoisotopic (exact) mass is 356 g/mol. The van der Waals surface area contributed by atoms with E-state index in [1.165, 1.54) is 74.6 Å². The van der Waals surface area contributed by atoms with Crippen LogP contribution in [0.2, 0.25) is 0 Å². The van der Waals surface area contributed by atoms with E-state index in [4.69, 9.17) is 12.2 Å². The average molecular weight is 357 g/mol. The zero-order valence-corrected chi connectivity index (χ0v) is 15.2. The Morgan fingerprint density at radius 3 is 2.30 bits per heavy atom. The molecule has 6 heteroatoms. The van der Waals surface area contributed by atoms with E-state index in [0.29, 0.717) is 9.88 Å². The minimum absolute atomic E-state index is 0.330. The van der Waals surface area contributed by atoms with Crippen molar-refractivity contribution < 1.29 is 9.18 Å². The molecular formula is C17H25FN2OS2. The smallest absolute Gasteiger partial charge is 0.269 e. The summed E-state index contributed by atoms with van der Waals surface area (Å²) < 4.78 is 13.3. The molecule has 0 saturated heterocycles. The van der Waals surface area contributed by atoms with Gasteiger partial charge in [0.15, 0.2) is 4.32 Å². The normalized spacial score (nSPS) is 10.3. The molecule has 0 aromatic heterocycles. The van der Waals surface area contributed by atoms with E-state index in [9.17, 15) is 9.18 Å². The van der Waals surface area contributed by atoms with Gasteiger partial charge in [-0.25, -0.2) is 4.39 Å². The summed E-state index contributed by atoms with van der Waals surface area (Å²) in [6, 6.07) is 5.37. The van der Waals surface area contributed by atoms with Gasteiger partial charge in [0, 0.05) is 11.3 Å². The topological polar surface area (TPSA) is 41.1 Å². The second kappa shape index (κ2) is 12.3. The van der Waals surface area contributed by atoms with Crippen molar-refractivity contribution in [3.05, 3.63) is 35.6 Å². The summed E-state index contributed by atoms with van der Waals surface area (Å²) in [5, 5.41) is 0. The molecule has 3 nitrogen and oxygen atoms in total. The minimum Gasteiger partial charge on any atom is -0.283 e. The third kappa shape index (κ3) is 9.56. The lowest BCUT2D eigenvalue weighted by Crippen LogP contribution is -2.39. The molecule has 1 aromatic rings. The number of hydrazine groups is 1. The lowest BCUT2D eigenvalue weighted by molar-refractivity contribution is 0.0944. The highest BCUT2D eigenvalue weighted by Crippen LogP contribution is 2.11. The molecule has 0 fully saturated rings. The summed E-state index contributed by atoms with van der Waals surface area (Å²) in [5.74, 6) is 0.255. The van der Waals surface area contributed by atoms with Gasteiger partial charge < -0.3 is 0 Å². The molecule has 0 bridgehead atoms. The van der Waals surface area contributed by atoms with Crippen LogP contribution in [-0.4, -0.2) is 16.0 Å². The maximum absolute atomic E-state index is 12.8. The second-order valence-electron chi connectivity index (χ2n) is 5.34. The van der Waals surface area contributed by atoms with Crippen LogP contribution in [0, 0.1) is 5.82 Å². The summed E-state index contributed by atoms with van der Waals surface area (Å²) in [6.07, 6.45) is 8.89. The predicted molar refractivity (Wildman–Crippen MR) is 100 cm³/mol. The largest absolute Gasteiger partial charge is 0.283 e. The Bertz CT molecular complexity index is 480. The summed E-state index contributed by atoms with van der Waals surface area (Å²) in [6.45, 7) is 2.22. The summed E-state index contributed by atoms with van der Waals surface area (Å²) in [4.78, 5) is 11.8. The first-order valence-electron chi connectivity index (χ1n) is 8.12. The SMILES string of the molecule is CCCCCCCCCSC(=S)NNC(=O)c1ccc(F)cc1. The second-order valence-corrected chi connectivity index (χ2v) is 7.12. The van der Waals surface area contributed by atoms with Gasteiger partial charge in [-0.05, 0) is 30.7 Å². The Morgan fingerprint density at radius 2 is 1.65 bits per heavy atom. The van der Waals surface area contributed by atoms with Crippen LogP contribution in [0.3, 0.4) is 0 Å². The van der Waals surface area contributed by atoms with E-state index in [-0.39, 0.29) is 11.7 Å². The summed E-state index contributed by atoms with van der Waals surface area (Å²) in [7, 11) is 0. The molecule has 1 aromatic carbocycles. The Kier molecular flexibility index (Phi) is 10.6. The molecule has 0 radical (unpaired) electrons. The van der Waals surface area contributed by atoms with Gasteiger partial charge in [-0.2, -0.15) is 0 Å². The Labute approximate surface area is 147 Å². The van der Waals surface area contributed by atoms with Crippen molar-refractivity contribution in [2.45, 2.75) is 51.9 Å². The van der Waals surface area contributed by atoms with E-state index in [2.05, 4.69) is 17.8 Å². The van der Waals surface area contributed by atoms with Crippen molar-refractivity contribution >= 4 is 34.2 Å². The van der Waals surface area contributed by atoms with Crippen molar-refractivity contribution in [3.8, 4) is 0 Å². The fourth-order valence-electron chi connectivity index (χ4n) is 2.04. The number of nitrogens with one attached hydrogen (secondary N) is 2. The molecule has 23 heavy (non-hydrogen) atoms. The van der Waals surface area contributed by atoms with Crippen molar-refractivity contribution in [2.24, 2.45) is 0 Å². The number of amides is 1. The molecule has 0 atom stereocenters. The number of carbonyl (C=O) groups is 1. The number of carbonyl (C=O) groups excluding carboxylic acids is 1. The van der Waals surface area contributed by atoms with E-state index >= 15 is 0 Å². The van der Waals surface area contributed by atoms with E-state index in [1.807, 2.05) is 0 Å². The molecule has 0 spiro atoms. The fraction of sp³-hybridized carbons (Fsp3) is 0.529. The maximum atomic E-state index is 12.8. The van der Waals surface area contributed by atoms with Gasteiger partial charge >= 0.3 is 0 Å². The van der Waals surface area contributed by atoms with Crippen LogP contribution in [0.15, 0.2) is 24.3 Å². The van der Waals surface area contributed by atoms with E-state index in [1.54, 1.807) is 0 Å². The zero-order valence-electron chi connectivity index (χ0n) is 13.6. The van der Waals surface area contributed by atoms with Crippen LogP contribution in [-0.2, 0) is 0 Å². The van der Waals surface area contributed by atoms with Gasteiger partial charge in [0.2, 0.25) is 0 Å². The van der Waals surface area contributed by atoms with Gasteiger partial charge in [0.05, 0.1) is 0 Å². The quantitative estimate of drug-likeness (QED) is 0.378. The standard InChI is InChI=1S/C17H25FN2OS2/c1-2-3-4-5-6-7-8-13-23-17(22)20-19-16(21)14-9-11-15(18)12-10-14/h9-12H,2-8,13H2,1H3,(H,19,21)(H,20,22). The van der Waals surface area contributed by atoms with Gasteiger partial charge in [-0.3, -0.25) is 15.6 Å². The molecule has 0 saturated carbocycles. The van der Waals surface area contributed by atoms with Gasteiger partial charge in [-0.1, -0.05) is 69.4 Å². The number of unbranched alkanes of at least 4 members (excludes halogenated alkanes) is 6. The first kappa shape index (κ1) is 19.9. The van der Waals surface area contributed by atoms with Crippen LogP contribution in [0.1, 0.15) is 62.2 Å². The summed E-state index contributed by atoms with van der Waals surface area (Å²) >= 11 is 6.69. The summed E-state index contributed by atoms with van der Waals surface area (Å²) in [5.41, 5.74) is 5.62. The van der Waals surface area contributed by atoms with Gasteiger partial charge in [0.1, 0.15) is 5.82 Å². The van der Waals surface area contributed by atoms with E-state index in [0.717, 1.165) is 12.2 Å². The minimum atomic E-state index is -0.365. The molecule has 0 aliphatic heterocycles. The van der Waals surface area contributed by atoms with Crippen molar-refractivity contribution in [1.82, 2.24) is 10.9 Å². The molecule has 128 valence electrons. The average Bonchev–Trinajstić information content (AvgIpc) is 2.55. The maximum Gasteiger partial charge on any atom is 0.269 e. The molecule has 1 rings (SSSR count). The lowest BCUT2D eigenvalue weighted by atomic mass is 10.1. The van der Waals surface area contributed by atoms with Crippen LogP contribution in [0.4, 0.5) is 4.39 Å². The zero-order chi connectivity index (χ0) is 16.9. The first-order chi connectivity index (χ1) is 11.1. The number of rotatable bonds is 9. The van der Waals surface area contributed by atoms with Crippen LogP contribution in [0.25, 0.3) is 0 Å². The highest BCUT2D eigenvalue weighted by Gasteiger charge is 2.05. The Balaban J connectivity index is 2.06. The molecule has 1 amide bonds. The Morgan fingerprint density at radius 1 is 1.04 bits per heavy atom. The molecule has 0 heterocycles. The van der Waals surface area contributed by atoms with Crippen LogP contribution >= 0.6 is 24.0 Å². The molecule has 2 N–H and O–H groups in total. The number of hydrogen-bond acceptors (Lipinski definition) is 3. The number of halogens is 1.